The van der Waals surface area contributed by atoms with Gasteiger partial charge in [-0.15, -0.1) is 0 Å². The number of pyridine rings is 1. The normalized spacial score (nSPS) is 18.6. The second-order valence-electron chi connectivity index (χ2n) is 11.9. The lowest BCUT2D eigenvalue weighted by molar-refractivity contribution is -0.122. The van der Waals surface area contributed by atoms with Crippen LogP contribution in [0.4, 0.5) is 10.1 Å². The molecule has 4 heterocycles. The fourth-order valence-corrected chi connectivity index (χ4v) is 6.93. The summed E-state index contributed by atoms with van der Waals surface area (Å²) >= 11 is 0. The first-order valence-corrected chi connectivity index (χ1v) is 15.0. The molecule has 1 aromatic heterocycles. The number of nitrogens with one attached hydrogen (secondary N) is 1. The van der Waals surface area contributed by atoms with Crippen LogP contribution in [-0.4, -0.2) is 60.5 Å². The molecule has 9 nitrogen and oxygen atoms in total. The van der Waals surface area contributed by atoms with E-state index in [2.05, 4.69) is 17.3 Å². The number of rotatable bonds is 6. The Morgan fingerprint density at radius 3 is 2.51 bits per heavy atom. The molecular formula is C33H34FN5O4. The number of amides is 2. The monoisotopic (exact) mass is 583 g/mol. The topological polar surface area (TPSA) is 110 Å². The van der Waals surface area contributed by atoms with Crippen LogP contribution in [0.25, 0.3) is 27.4 Å². The zero-order valence-electron chi connectivity index (χ0n) is 24.1. The van der Waals surface area contributed by atoms with Crippen molar-refractivity contribution in [3.8, 4) is 17.2 Å². The van der Waals surface area contributed by atoms with Crippen molar-refractivity contribution < 1.29 is 18.7 Å². The Kier molecular flexibility index (Phi) is 6.80. The lowest BCUT2D eigenvalue weighted by atomic mass is 9.95. The Labute approximate surface area is 248 Å². The summed E-state index contributed by atoms with van der Waals surface area (Å²) in [6, 6.07) is 13.3. The van der Waals surface area contributed by atoms with E-state index in [0.717, 1.165) is 36.6 Å². The number of hydrogen-bond donors (Lipinski definition) is 2. The molecular weight excluding hydrogens is 549 g/mol. The highest BCUT2D eigenvalue weighted by atomic mass is 19.1. The van der Waals surface area contributed by atoms with Crippen LogP contribution in [0, 0.1) is 11.7 Å². The molecule has 0 spiro atoms. The number of primary amides is 1. The highest BCUT2D eigenvalue weighted by molar-refractivity contribution is 6.02. The summed E-state index contributed by atoms with van der Waals surface area (Å²) in [5.74, 6) is -1.00. The molecule has 1 unspecified atom stereocenters. The number of nitrogens with zero attached hydrogens (tertiary/aromatic N) is 3. The van der Waals surface area contributed by atoms with E-state index in [1.807, 2.05) is 41.3 Å². The van der Waals surface area contributed by atoms with Gasteiger partial charge in [0.05, 0.1) is 11.1 Å². The van der Waals surface area contributed by atoms with E-state index in [1.54, 1.807) is 10.8 Å². The van der Waals surface area contributed by atoms with Gasteiger partial charge in [-0.05, 0) is 74.7 Å². The van der Waals surface area contributed by atoms with Crippen molar-refractivity contribution in [3.63, 3.8) is 0 Å². The van der Waals surface area contributed by atoms with Gasteiger partial charge >= 0.3 is 0 Å². The molecule has 7 rings (SSSR count). The molecule has 3 aromatic carbocycles. The van der Waals surface area contributed by atoms with Gasteiger partial charge in [0.2, 0.25) is 11.3 Å². The van der Waals surface area contributed by atoms with Gasteiger partial charge in [0.15, 0.2) is 17.3 Å². The molecule has 1 atom stereocenters. The highest BCUT2D eigenvalue weighted by Crippen LogP contribution is 2.48. The van der Waals surface area contributed by atoms with E-state index in [4.69, 9.17) is 10.5 Å². The Hall–Kier alpha value is -4.44. The van der Waals surface area contributed by atoms with Crippen molar-refractivity contribution >= 4 is 39.2 Å². The molecule has 0 saturated carbocycles. The molecule has 2 amide bonds. The van der Waals surface area contributed by atoms with Gasteiger partial charge in [-0.25, -0.2) is 4.39 Å². The zero-order chi connectivity index (χ0) is 29.8. The first-order chi connectivity index (χ1) is 20.8. The number of fused-ring (bicyclic) bond motifs is 3. The lowest BCUT2D eigenvalue weighted by Crippen LogP contribution is -2.39. The van der Waals surface area contributed by atoms with E-state index in [0.29, 0.717) is 55.5 Å². The number of carbonyl (C=O) groups excluding carboxylic acids is 2. The minimum absolute atomic E-state index is 0.0475. The summed E-state index contributed by atoms with van der Waals surface area (Å²) < 4.78 is 24.3. The van der Waals surface area contributed by atoms with Crippen molar-refractivity contribution in [2.45, 2.75) is 38.1 Å². The van der Waals surface area contributed by atoms with Crippen molar-refractivity contribution in [3.05, 3.63) is 70.3 Å². The standard InChI is InChI=1S/C33H34FN5O4/c1-37-12-4-7-22(37)8-11-36-33(42)24-18-39-26-15-20-5-2-3-6-21(20)16-27(26)43-31-28(39)23(30(24)40)17-25(34)29(31)38-13-9-19(10-14-38)32(35)41/h2-3,5-6,15-19,22H,4,7-14H2,1H3,(H2,35,41)(H,36,42). The van der Waals surface area contributed by atoms with Crippen LogP contribution in [0.2, 0.25) is 0 Å². The number of ether oxygens (including phenoxy) is 1. The summed E-state index contributed by atoms with van der Waals surface area (Å²) in [6.45, 7) is 2.31. The maximum atomic E-state index is 16.1. The Morgan fingerprint density at radius 2 is 1.81 bits per heavy atom. The third-order valence-electron chi connectivity index (χ3n) is 9.36. The van der Waals surface area contributed by atoms with Crippen LogP contribution in [0.15, 0.2) is 53.5 Å². The predicted molar refractivity (Wildman–Crippen MR) is 164 cm³/mol. The van der Waals surface area contributed by atoms with Gasteiger partial charge in [-0.1, -0.05) is 24.3 Å². The number of piperidine rings is 1. The summed E-state index contributed by atoms with van der Waals surface area (Å²) in [7, 11) is 2.09. The van der Waals surface area contributed by atoms with Gasteiger partial charge in [0.25, 0.3) is 5.91 Å². The van der Waals surface area contributed by atoms with Gasteiger partial charge in [-0.3, -0.25) is 14.4 Å². The molecule has 0 radical (unpaired) electrons. The van der Waals surface area contributed by atoms with Gasteiger partial charge in [-0.2, -0.15) is 0 Å². The van der Waals surface area contributed by atoms with E-state index in [-0.39, 0.29) is 34.2 Å². The Balaban J connectivity index is 1.35. The number of nitrogens with two attached hydrogens (primary N) is 1. The molecule has 3 N–H and O–H groups in total. The number of benzene rings is 3. The molecule has 222 valence electrons. The third kappa shape index (κ3) is 4.70. The van der Waals surface area contributed by atoms with E-state index in [9.17, 15) is 14.4 Å². The SMILES string of the molecule is CN1CCCC1CCNC(=O)c1cn2c3c(c(N4CCC(C(N)=O)CC4)c(F)cc3c1=O)Oc1cc3ccccc3cc1-2. The van der Waals surface area contributed by atoms with Crippen LogP contribution in [0.3, 0.4) is 0 Å². The van der Waals surface area contributed by atoms with E-state index < -0.39 is 17.2 Å². The van der Waals surface area contributed by atoms with Gasteiger partial charge < -0.3 is 30.2 Å². The average molecular weight is 584 g/mol. The zero-order valence-corrected chi connectivity index (χ0v) is 24.1. The van der Waals surface area contributed by atoms with Crippen molar-refractivity contribution in [1.82, 2.24) is 14.8 Å². The number of likely N-dealkylation sites (tertiary alicyclic amines) is 1. The Morgan fingerprint density at radius 1 is 1.07 bits per heavy atom. The van der Waals surface area contributed by atoms with Crippen LogP contribution in [-0.2, 0) is 4.79 Å². The summed E-state index contributed by atoms with van der Waals surface area (Å²) in [4.78, 5) is 43.1. The fraction of sp³-hybridized carbons (Fsp3) is 0.364. The molecule has 3 aliphatic heterocycles. The smallest absolute Gasteiger partial charge is 0.256 e. The second-order valence-corrected chi connectivity index (χ2v) is 11.9. The predicted octanol–water partition coefficient (Wildman–Crippen LogP) is 4.30. The van der Waals surface area contributed by atoms with Gasteiger partial charge in [0.1, 0.15) is 16.8 Å². The number of aromatic nitrogens is 1. The molecule has 3 aliphatic rings. The number of carbonyl (C=O) groups is 2. The molecule has 2 fully saturated rings. The fourth-order valence-electron chi connectivity index (χ4n) is 6.93. The van der Waals surface area contributed by atoms with Crippen LogP contribution < -0.4 is 26.1 Å². The molecule has 0 aliphatic carbocycles. The first-order valence-electron chi connectivity index (χ1n) is 15.0. The number of hydrogen-bond acceptors (Lipinski definition) is 6. The summed E-state index contributed by atoms with van der Waals surface area (Å²) in [5.41, 5.74) is 6.24. The van der Waals surface area contributed by atoms with Crippen LogP contribution in [0.1, 0.15) is 42.5 Å². The summed E-state index contributed by atoms with van der Waals surface area (Å²) in [6.07, 6.45) is 5.57. The molecule has 2 saturated heterocycles. The van der Waals surface area contributed by atoms with Crippen LogP contribution >= 0.6 is 0 Å². The largest absolute Gasteiger partial charge is 0.451 e. The quantitative estimate of drug-likeness (QED) is 0.309. The van der Waals surface area contributed by atoms with Crippen molar-refractivity contribution in [1.29, 1.82) is 0 Å². The Bertz CT molecular complexity index is 1850. The third-order valence-corrected chi connectivity index (χ3v) is 9.36. The lowest BCUT2D eigenvalue weighted by Gasteiger charge is -2.35. The van der Waals surface area contributed by atoms with E-state index >= 15 is 4.39 Å². The first kappa shape index (κ1) is 27.4. The number of anilines is 1. The van der Waals surface area contributed by atoms with E-state index in [1.165, 1.54) is 6.07 Å². The summed E-state index contributed by atoms with van der Waals surface area (Å²) in [5, 5.41) is 4.91. The molecule has 43 heavy (non-hydrogen) atoms. The second kappa shape index (κ2) is 10.7. The number of halogens is 1. The average Bonchev–Trinajstić information content (AvgIpc) is 3.41. The molecule has 4 aromatic rings. The maximum absolute atomic E-state index is 16.1. The molecule has 10 heteroatoms. The van der Waals surface area contributed by atoms with Crippen molar-refractivity contribution in [2.24, 2.45) is 11.7 Å². The highest BCUT2D eigenvalue weighted by Gasteiger charge is 2.33. The van der Waals surface area contributed by atoms with Gasteiger partial charge in [0, 0.05) is 37.8 Å². The molecule has 0 bridgehead atoms. The minimum Gasteiger partial charge on any atom is -0.451 e. The maximum Gasteiger partial charge on any atom is 0.256 e. The van der Waals surface area contributed by atoms with Crippen LogP contribution in [0.5, 0.6) is 11.5 Å². The minimum atomic E-state index is -0.616. The van der Waals surface area contributed by atoms with Crippen molar-refractivity contribution in [2.75, 3.05) is 38.1 Å².